The Morgan fingerprint density at radius 3 is 2.85 bits per heavy atom. The van der Waals surface area contributed by atoms with Crippen LogP contribution < -0.4 is 5.32 Å². The third-order valence-corrected chi connectivity index (χ3v) is 3.98. The van der Waals surface area contributed by atoms with Crippen molar-refractivity contribution in [2.75, 3.05) is 5.32 Å². The number of imidazole rings is 1. The summed E-state index contributed by atoms with van der Waals surface area (Å²) in [4.78, 5) is 4.37. The van der Waals surface area contributed by atoms with Crippen molar-refractivity contribution in [1.29, 1.82) is 0 Å². The number of hydrogen-bond acceptors (Lipinski definition) is 2. The van der Waals surface area contributed by atoms with Gasteiger partial charge < -0.3 is 9.88 Å². The molecule has 0 bridgehead atoms. The quantitative estimate of drug-likeness (QED) is 0.901. The Morgan fingerprint density at radius 1 is 1.25 bits per heavy atom. The van der Waals surface area contributed by atoms with Crippen LogP contribution in [-0.2, 0) is 13.0 Å². The summed E-state index contributed by atoms with van der Waals surface area (Å²) < 4.78 is 15.7. The zero-order valence-electron chi connectivity index (χ0n) is 11.6. The number of halogens is 1. The van der Waals surface area contributed by atoms with Gasteiger partial charge in [0.2, 0.25) is 5.95 Å². The lowest BCUT2D eigenvalue weighted by molar-refractivity contribution is 0.593. The standard InChI is InChI=1S/C16H20FN3/c17-15-8-4-1-5-13(15)9-11-20-12-10-18-16(20)19-14-6-2-3-7-14/h1,4-5,8,10,12,14H,2-3,6-7,9,11H2,(H,18,19). The van der Waals surface area contributed by atoms with E-state index in [1.807, 2.05) is 18.3 Å². The van der Waals surface area contributed by atoms with E-state index in [1.54, 1.807) is 12.3 Å². The third kappa shape index (κ3) is 3.00. The summed E-state index contributed by atoms with van der Waals surface area (Å²) in [6.45, 7) is 0.746. The number of anilines is 1. The van der Waals surface area contributed by atoms with Gasteiger partial charge in [-0.05, 0) is 30.9 Å². The molecule has 1 heterocycles. The topological polar surface area (TPSA) is 29.9 Å². The van der Waals surface area contributed by atoms with Gasteiger partial charge in [-0.1, -0.05) is 31.0 Å². The van der Waals surface area contributed by atoms with Gasteiger partial charge in [0.25, 0.3) is 0 Å². The van der Waals surface area contributed by atoms with Gasteiger partial charge in [-0.25, -0.2) is 9.37 Å². The Hall–Kier alpha value is -1.84. The molecule has 3 rings (SSSR count). The smallest absolute Gasteiger partial charge is 0.202 e. The number of nitrogens with zero attached hydrogens (tertiary/aromatic N) is 2. The first-order chi connectivity index (χ1) is 9.83. The second-order valence-electron chi connectivity index (χ2n) is 5.41. The van der Waals surface area contributed by atoms with Gasteiger partial charge in [0, 0.05) is 25.0 Å². The predicted molar refractivity (Wildman–Crippen MR) is 78.2 cm³/mol. The average Bonchev–Trinajstić information content (AvgIpc) is 3.10. The Bertz CT molecular complexity index is 558. The number of aryl methyl sites for hydroxylation is 2. The van der Waals surface area contributed by atoms with Crippen LogP contribution in [0.1, 0.15) is 31.2 Å². The molecule has 4 heteroatoms. The van der Waals surface area contributed by atoms with E-state index in [4.69, 9.17) is 0 Å². The lowest BCUT2D eigenvalue weighted by atomic mass is 10.1. The first-order valence-electron chi connectivity index (χ1n) is 7.34. The number of nitrogens with one attached hydrogen (secondary N) is 1. The van der Waals surface area contributed by atoms with Gasteiger partial charge >= 0.3 is 0 Å². The molecule has 0 atom stereocenters. The fourth-order valence-corrected chi connectivity index (χ4v) is 2.82. The van der Waals surface area contributed by atoms with Crippen LogP contribution in [0.4, 0.5) is 10.3 Å². The van der Waals surface area contributed by atoms with Crippen LogP contribution in [0.5, 0.6) is 0 Å². The predicted octanol–water partition coefficient (Wildman–Crippen LogP) is 3.62. The SMILES string of the molecule is Fc1ccccc1CCn1ccnc1NC1CCCC1. The maximum absolute atomic E-state index is 13.6. The summed E-state index contributed by atoms with van der Waals surface area (Å²) >= 11 is 0. The van der Waals surface area contributed by atoms with E-state index in [0.29, 0.717) is 12.5 Å². The summed E-state index contributed by atoms with van der Waals surface area (Å²) in [7, 11) is 0. The molecule has 3 nitrogen and oxygen atoms in total. The minimum absolute atomic E-state index is 0.127. The molecule has 0 radical (unpaired) electrons. The van der Waals surface area contributed by atoms with E-state index in [0.717, 1.165) is 18.1 Å². The van der Waals surface area contributed by atoms with Crippen molar-refractivity contribution >= 4 is 5.95 Å². The zero-order valence-corrected chi connectivity index (χ0v) is 11.6. The first kappa shape index (κ1) is 13.2. The van der Waals surface area contributed by atoms with Crippen LogP contribution in [-0.4, -0.2) is 15.6 Å². The first-order valence-corrected chi connectivity index (χ1v) is 7.34. The van der Waals surface area contributed by atoms with Gasteiger partial charge in [0.15, 0.2) is 0 Å². The number of rotatable bonds is 5. The second kappa shape index (κ2) is 6.07. The monoisotopic (exact) mass is 273 g/mol. The molecular weight excluding hydrogens is 253 g/mol. The summed E-state index contributed by atoms with van der Waals surface area (Å²) in [6.07, 6.45) is 9.49. The molecule has 20 heavy (non-hydrogen) atoms. The molecule has 1 aromatic carbocycles. The Kier molecular flexibility index (Phi) is 4.00. The minimum atomic E-state index is -0.127. The highest BCUT2D eigenvalue weighted by Gasteiger charge is 2.16. The molecule has 0 amide bonds. The molecule has 1 aliphatic carbocycles. The number of aromatic nitrogens is 2. The van der Waals surface area contributed by atoms with Crippen LogP contribution in [0.3, 0.4) is 0 Å². The molecule has 0 spiro atoms. The van der Waals surface area contributed by atoms with Crippen LogP contribution in [0, 0.1) is 5.82 Å². The van der Waals surface area contributed by atoms with Crippen LogP contribution >= 0.6 is 0 Å². The highest BCUT2D eigenvalue weighted by molar-refractivity contribution is 5.28. The third-order valence-electron chi connectivity index (χ3n) is 3.98. The van der Waals surface area contributed by atoms with Crippen molar-refractivity contribution in [2.24, 2.45) is 0 Å². The van der Waals surface area contributed by atoms with Crippen molar-refractivity contribution in [3.63, 3.8) is 0 Å². The Morgan fingerprint density at radius 2 is 2.05 bits per heavy atom. The van der Waals surface area contributed by atoms with Crippen LogP contribution in [0.25, 0.3) is 0 Å². The van der Waals surface area contributed by atoms with Crippen molar-refractivity contribution in [2.45, 2.75) is 44.7 Å². The molecule has 1 N–H and O–H groups in total. The van der Waals surface area contributed by atoms with Crippen molar-refractivity contribution in [3.05, 3.63) is 48.0 Å². The molecule has 106 valence electrons. The van der Waals surface area contributed by atoms with E-state index in [1.165, 1.54) is 31.7 Å². The van der Waals surface area contributed by atoms with Crippen molar-refractivity contribution in [3.8, 4) is 0 Å². The molecule has 2 aromatic rings. The van der Waals surface area contributed by atoms with E-state index in [-0.39, 0.29) is 5.82 Å². The Labute approximate surface area is 118 Å². The fourth-order valence-electron chi connectivity index (χ4n) is 2.82. The van der Waals surface area contributed by atoms with Gasteiger partial charge in [-0.2, -0.15) is 0 Å². The molecule has 0 unspecified atom stereocenters. The van der Waals surface area contributed by atoms with Gasteiger partial charge in [0.05, 0.1) is 0 Å². The maximum atomic E-state index is 13.6. The summed E-state index contributed by atoms with van der Waals surface area (Å²) in [6, 6.07) is 7.51. The maximum Gasteiger partial charge on any atom is 0.202 e. The highest BCUT2D eigenvalue weighted by Crippen LogP contribution is 2.21. The summed E-state index contributed by atoms with van der Waals surface area (Å²) in [5.74, 6) is 0.783. The van der Waals surface area contributed by atoms with E-state index >= 15 is 0 Å². The normalized spacial score (nSPS) is 15.7. The lowest BCUT2D eigenvalue weighted by Crippen LogP contribution is -2.18. The molecule has 0 aliphatic heterocycles. The lowest BCUT2D eigenvalue weighted by Gasteiger charge is -2.14. The van der Waals surface area contributed by atoms with E-state index < -0.39 is 0 Å². The molecule has 1 aliphatic rings. The van der Waals surface area contributed by atoms with Gasteiger partial charge in [-0.3, -0.25) is 0 Å². The van der Waals surface area contributed by atoms with Crippen LogP contribution in [0.15, 0.2) is 36.7 Å². The number of benzene rings is 1. The zero-order chi connectivity index (χ0) is 13.8. The number of hydrogen-bond donors (Lipinski definition) is 1. The second-order valence-corrected chi connectivity index (χ2v) is 5.41. The average molecular weight is 273 g/mol. The summed E-state index contributed by atoms with van der Waals surface area (Å²) in [5, 5.41) is 3.50. The highest BCUT2D eigenvalue weighted by atomic mass is 19.1. The fraction of sp³-hybridized carbons (Fsp3) is 0.438. The van der Waals surface area contributed by atoms with E-state index in [9.17, 15) is 4.39 Å². The van der Waals surface area contributed by atoms with Crippen molar-refractivity contribution in [1.82, 2.24) is 9.55 Å². The van der Waals surface area contributed by atoms with Crippen molar-refractivity contribution < 1.29 is 4.39 Å². The van der Waals surface area contributed by atoms with E-state index in [2.05, 4.69) is 14.9 Å². The molecule has 1 fully saturated rings. The van der Waals surface area contributed by atoms with Gasteiger partial charge in [0.1, 0.15) is 5.82 Å². The molecule has 1 saturated carbocycles. The molecule has 1 aromatic heterocycles. The molecule has 0 saturated heterocycles. The van der Waals surface area contributed by atoms with Crippen LogP contribution in [0.2, 0.25) is 0 Å². The summed E-state index contributed by atoms with van der Waals surface area (Å²) in [5.41, 5.74) is 0.757. The van der Waals surface area contributed by atoms with Gasteiger partial charge in [-0.15, -0.1) is 0 Å². The Balaban J connectivity index is 1.63. The minimum Gasteiger partial charge on any atom is -0.353 e. The molecular formula is C16H20FN3. The largest absolute Gasteiger partial charge is 0.353 e.